The molecule has 1 aromatic rings. The van der Waals surface area contributed by atoms with Gasteiger partial charge in [0.2, 0.25) is 5.91 Å². The molecule has 0 aliphatic heterocycles. The summed E-state index contributed by atoms with van der Waals surface area (Å²) < 4.78 is 0. The van der Waals surface area contributed by atoms with Gasteiger partial charge in [-0.1, -0.05) is 30.3 Å². The zero-order chi connectivity index (χ0) is 15.2. The van der Waals surface area contributed by atoms with Crippen LogP contribution in [-0.2, 0) is 16.0 Å². The van der Waals surface area contributed by atoms with E-state index in [1.807, 2.05) is 30.3 Å². The molecule has 0 bridgehead atoms. The molecule has 1 fully saturated rings. The topological polar surface area (TPSA) is 92.4 Å². The number of hydrogen-bond donors (Lipinski definition) is 3. The number of benzene rings is 1. The number of nitrogens with one attached hydrogen (secondary N) is 1. The van der Waals surface area contributed by atoms with Crippen molar-refractivity contribution >= 4 is 11.9 Å². The summed E-state index contributed by atoms with van der Waals surface area (Å²) in [6, 6.07) is 8.90. The quantitative estimate of drug-likeness (QED) is 0.736. The second kappa shape index (κ2) is 7.22. The summed E-state index contributed by atoms with van der Waals surface area (Å²) in [6.45, 7) is 0. The minimum atomic E-state index is -0.985. The van der Waals surface area contributed by atoms with Crippen LogP contribution in [0, 0.1) is 5.92 Å². The highest BCUT2D eigenvalue weighted by Crippen LogP contribution is 2.24. The number of amides is 1. The third-order valence-electron chi connectivity index (χ3n) is 4.02. The average Bonchev–Trinajstić information content (AvgIpc) is 2.90. The standard InChI is InChI=1S/C16H22N2O3/c17-13-8-7-12(10-13)15(19)18-14(16(20)21)9-6-11-4-2-1-3-5-11/h1-5,12-14H,6-10,17H2,(H,18,19)(H,20,21)/t12?,13?,14-/m0/s1. The van der Waals surface area contributed by atoms with Crippen molar-refractivity contribution in [2.45, 2.75) is 44.2 Å². The number of carboxylic acids is 1. The molecule has 1 aromatic carbocycles. The molecule has 1 aliphatic rings. The Morgan fingerprint density at radius 3 is 2.57 bits per heavy atom. The van der Waals surface area contributed by atoms with E-state index in [0.717, 1.165) is 18.4 Å². The van der Waals surface area contributed by atoms with Crippen LogP contribution in [0.1, 0.15) is 31.2 Å². The first-order valence-corrected chi connectivity index (χ1v) is 7.39. The monoisotopic (exact) mass is 290 g/mol. The Bertz CT molecular complexity index is 490. The summed E-state index contributed by atoms with van der Waals surface area (Å²) in [6.07, 6.45) is 3.25. The van der Waals surface area contributed by atoms with Crippen LogP contribution in [-0.4, -0.2) is 29.1 Å². The number of hydrogen-bond acceptors (Lipinski definition) is 3. The molecular weight excluding hydrogens is 268 g/mol. The van der Waals surface area contributed by atoms with Gasteiger partial charge in [-0.2, -0.15) is 0 Å². The minimum absolute atomic E-state index is 0.0633. The predicted octanol–water partition coefficient (Wildman–Crippen LogP) is 1.32. The van der Waals surface area contributed by atoms with Crippen molar-refractivity contribution in [2.24, 2.45) is 11.7 Å². The molecule has 1 amide bonds. The van der Waals surface area contributed by atoms with Crippen LogP contribution in [0.3, 0.4) is 0 Å². The predicted molar refractivity (Wildman–Crippen MR) is 79.6 cm³/mol. The van der Waals surface area contributed by atoms with E-state index in [0.29, 0.717) is 19.3 Å². The molecule has 4 N–H and O–H groups in total. The zero-order valence-electron chi connectivity index (χ0n) is 12.0. The molecule has 0 aromatic heterocycles. The third kappa shape index (κ3) is 4.56. The maximum absolute atomic E-state index is 12.1. The van der Waals surface area contributed by atoms with E-state index in [4.69, 9.17) is 5.73 Å². The highest BCUT2D eigenvalue weighted by Gasteiger charge is 2.30. The number of carbonyl (C=O) groups excluding carboxylic acids is 1. The van der Waals surface area contributed by atoms with Gasteiger partial charge < -0.3 is 16.2 Å². The summed E-state index contributed by atoms with van der Waals surface area (Å²) in [5.74, 6) is -1.30. The molecule has 0 radical (unpaired) electrons. The molecule has 1 saturated carbocycles. The van der Waals surface area contributed by atoms with E-state index < -0.39 is 12.0 Å². The summed E-state index contributed by atoms with van der Waals surface area (Å²) >= 11 is 0. The Balaban J connectivity index is 1.87. The summed E-state index contributed by atoms with van der Waals surface area (Å²) in [5, 5.41) is 11.9. The van der Waals surface area contributed by atoms with Crippen LogP contribution >= 0.6 is 0 Å². The van der Waals surface area contributed by atoms with Gasteiger partial charge in [0.1, 0.15) is 6.04 Å². The number of nitrogens with two attached hydrogens (primary N) is 1. The van der Waals surface area contributed by atoms with Crippen molar-refractivity contribution in [3.8, 4) is 0 Å². The van der Waals surface area contributed by atoms with Crippen molar-refractivity contribution < 1.29 is 14.7 Å². The van der Waals surface area contributed by atoms with Crippen molar-refractivity contribution in [1.82, 2.24) is 5.32 Å². The van der Waals surface area contributed by atoms with Gasteiger partial charge in [-0.3, -0.25) is 4.79 Å². The van der Waals surface area contributed by atoms with Crippen molar-refractivity contribution in [2.75, 3.05) is 0 Å². The van der Waals surface area contributed by atoms with Crippen LogP contribution in [0.5, 0.6) is 0 Å². The fourth-order valence-electron chi connectivity index (χ4n) is 2.76. The minimum Gasteiger partial charge on any atom is -0.480 e. The van der Waals surface area contributed by atoms with Crippen LogP contribution in [0.25, 0.3) is 0 Å². The summed E-state index contributed by atoms with van der Waals surface area (Å²) in [5.41, 5.74) is 6.86. The molecule has 3 atom stereocenters. The zero-order valence-corrected chi connectivity index (χ0v) is 12.0. The molecule has 2 rings (SSSR count). The lowest BCUT2D eigenvalue weighted by Gasteiger charge is -2.17. The van der Waals surface area contributed by atoms with Crippen molar-refractivity contribution in [3.05, 3.63) is 35.9 Å². The lowest BCUT2D eigenvalue weighted by Crippen LogP contribution is -2.43. The molecule has 2 unspecified atom stereocenters. The number of carbonyl (C=O) groups is 2. The van der Waals surface area contributed by atoms with Gasteiger partial charge in [0.15, 0.2) is 0 Å². The third-order valence-corrected chi connectivity index (χ3v) is 4.02. The highest BCUT2D eigenvalue weighted by molar-refractivity contribution is 5.85. The number of aryl methyl sites for hydroxylation is 1. The maximum atomic E-state index is 12.1. The maximum Gasteiger partial charge on any atom is 0.326 e. The summed E-state index contributed by atoms with van der Waals surface area (Å²) in [4.78, 5) is 23.4. The van der Waals surface area contributed by atoms with Gasteiger partial charge >= 0.3 is 5.97 Å². The number of carboxylic acid groups (broad SMARTS) is 1. The van der Waals surface area contributed by atoms with Gasteiger partial charge in [0, 0.05) is 12.0 Å². The first kappa shape index (κ1) is 15.5. The Kier molecular flexibility index (Phi) is 5.33. The number of aliphatic carboxylic acids is 1. The van der Waals surface area contributed by atoms with Crippen molar-refractivity contribution in [1.29, 1.82) is 0 Å². The van der Waals surface area contributed by atoms with Gasteiger partial charge in [0.25, 0.3) is 0 Å². The molecule has 5 nitrogen and oxygen atoms in total. The van der Waals surface area contributed by atoms with Crippen LogP contribution in [0.4, 0.5) is 0 Å². The fraction of sp³-hybridized carbons (Fsp3) is 0.500. The van der Waals surface area contributed by atoms with Gasteiger partial charge in [-0.25, -0.2) is 4.79 Å². The van der Waals surface area contributed by atoms with E-state index in [2.05, 4.69) is 5.32 Å². The second-order valence-corrected chi connectivity index (χ2v) is 5.69. The first-order valence-electron chi connectivity index (χ1n) is 7.39. The second-order valence-electron chi connectivity index (χ2n) is 5.69. The molecule has 0 heterocycles. The Morgan fingerprint density at radius 2 is 2.00 bits per heavy atom. The first-order chi connectivity index (χ1) is 10.1. The lowest BCUT2D eigenvalue weighted by molar-refractivity contribution is -0.142. The highest BCUT2D eigenvalue weighted by atomic mass is 16.4. The molecular formula is C16H22N2O3. The van der Waals surface area contributed by atoms with E-state index in [-0.39, 0.29) is 17.9 Å². The number of rotatable bonds is 6. The smallest absolute Gasteiger partial charge is 0.326 e. The van der Waals surface area contributed by atoms with Gasteiger partial charge in [-0.05, 0) is 37.7 Å². The van der Waals surface area contributed by atoms with Gasteiger partial charge in [0.05, 0.1) is 0 Å². The molecule has 5 heteroatoms. The fourth-order valence-corrected chi connectivity index (χ4v) is 2.76. The van der Waals surface area contributed by atoms with Crippen LogP contribution < -0.4 is 11.1 Å². The SMILES string of the molecule is NC1CCC(C(=O)N[C@@H](CCc2ccccc2)C(=O)O)C1. The molecule has 21 heavy (non-hydrogen) atoms. The van der Waals surface area contributed by atoms with E-state index in [9.17, 15) is 14.7 Å². The largest absolute Gasteiger partial charge is 0.480 e. The lowest BCUT2D eigenvalue weighted by atomic mass is 10.0. The molecule has 0 saturated heterocycles. The molecule has 1 aliphatic carbocycles. The Morgan fingerprint density at radius 1 is 1.29 bits per heavy atom. The Labute approximate surface area is 124 Å². The van der Waals surface area contributed by atoms with E-state index >= 15 is 0 Å². The summed E-state index contributed by atoms with van der Waals surface area (Å²) in [7, 11) is 0. The van der Waals surface area contributed by atoms with Crippen LogP contribution in [0.2, 0.25) is 0 Å². The molecule has 0 spiro atoms. The van der Waals surface area contributed by atoms with Crippen LogP contribution in [0.15, 0.2) is 30.3 Å². The normalized spacial score (nSPS) is 22.7. The van der Waals surface area contributed by atoms with E-state index in [1.165, 1.54) is 0 Å². The average molecular weight is 290 g/mol. The van der Waals surface area contributed by atoms with Gasteiger partial charge in [-0.15, -0.1) is 0 Å². The van der Waals surface area contributed by atoms with E-state index in [1.54, 1.807) is 0 Å². The molecule has 114 valence electrons. The van der Waals surface area contributed by atoms with Crippen molar-refractivity contribution in [3.63, 3.8) is 0 Å². The Hall–Kier alpha value is -1.88.